The molecule has 1 N–H and O–H groups in total. The van der Waals surface area contributed by atoms with Gasteiger partial charge in [-0.2, -0.15) is 5.26 Å². The molecule has 0 bridgehead atoms. The number of fused-ring (bicyclic) bond motifs is 1. The van der Waals surface area contributed by atoms with Crippen LogP contribution in [0.15, 0.2) is 48.5 Å². The molecule has 1 amide bonds. The third-order valence-electron chi connectivity index (χ3n) is 4.10. The van der Waals surface area contributed by atoms with Gasteiger partial charge in [-0.1, -0.05) is 30.3 Å². The Kier molecular flexibility index (Phi) is 4.70. The Morgan fingerprint density at radius 3 is 2.74 bits per heavy atom. The number of hydrogen-bond acceptors (Lipinski definition) is 3. The third-order valence-corrected chi connectivity index (χ3v) is 4.10. The predicted octanol–water partition coefficient (Wildman–Crippen LogP) is 2.63. The fourth-order valence-corrected chi connectivity index (χ4v) is 2.90. The molecule has 1 aliphatic rings. The molecule has 0 saturated heterocycles. The lowest BCUT2D eigenvalue weighted by molar-refractivity contribution is -0.117. The van der Waals surface area contributed by atoms with E-state index in [1.165, 1.54) is 5.56 Å². The molecule has 0 fully saturated rings. The van der Waals surface area contributed by atoms with Crippen LogP contribution in [-0.4, -0.2) is 19.0 Å². The van der Waals surface area contributed by atoms with Crippen LogP contribution >= 0.6 is 0 Å². The number of rotatable bonds is 4. The lowest BCUT2D eigenvalue weighted by Crippen LogP contribution is -2.41. The SMILES string of the molecule is N#Cc1ccc(CNCC(=O)N2CCCc3ccccc32)cc1. The van der Waals surface area contributed by atoms with Gasteiger partial charge in [0.25, 0.3) is 0 Å². The van der Waals surface area contributed by atoms with Gasteiger partial charge in [0.1, 0.15) is 0 Å². The molecule has 0 atom stereocenters. The molecule has 0 radical (unpaired) electrons. The zero-order valence-electron chi connectivity index (χ0n) is 13.0. The molecular weight excluding hydrogens is 286 g/mol. The third kappa shape index (κ3) is 3.58. The maximum absolute atomic E-state index is 12.5. The predicted molar refractivity (Wildman–Crippen MR) is 90.0 cm³/mol. The first-order valence-corrected chi connectivity index (χ1v) is 7.86. The van der Waals surface area contributed by atoms with Crippen LogP contribution in [0.4, 0.5) is 5.69 Å². The average molecular weight is 305 g/mol. The van der Waals surface area contributed by atoms with Crippen LogP contribution in [-0.2, 0) is 17.8 Å². The van der Waals surface area contributed by atoms with Crippen molar-refractivity contribution < 1.29 is 4.79 Å². The molecule has 23 heavy (non-hydrogen) atoms. The van der Waals surface area contributed by atoms with E-state index < -0.39 is 0 Å². The zero-order chi connectivity index (χ0) is 16.1. The van der Waals surface area contributed by atoms with Gasteiger partial charge in [-0.3, -0.25) is 4.79 Å². The van der Waals surface area contributed by atoms with Crippen LogP contribution in [0.2, 0.25) is 0 Å². The number of nitriles is 1. The van der Waals surface area contributed by atoms with Crippen molar-refractivity contribution in [3.8, 4) is 6.07 Å². The summed E-state index contributed by atoms with van der Waals surface area (Å²) in [5.74, 6) is 0.103. The Labute approximate surface area is 136 Å². The molecule has 0 aromatic heterocycles. The Balaban J connectivity index is 1.57. The van der Waals surface area contributed by atoms with E-state index in [4.69, 9.17) is 5.26 Å². The molecule has 2 aromatic carbocycles. The van der Waals surface area contributed by atoms with Gasteiger partial charge < -0.3 is 10.2 Å². The quantitative estimate of drug-likeness (QED) is 0.944. The highest BCUT2D eigenvalue weighted by atomic mass is 16.2. The molecule has 4 nitrogen and oxygen atoms in total. The van der Waals surface area contributed by atoms with E-state index in [0.29, 0.717) is 18.7 Å². The second-order valence-corrected chi connectivity index (χ2v) is 5.69. The summed E-state index contributed by atoms with van der Waals surface area (Å²) in [5.41, 5.74) is 4.01. The highest BCUT2D eigenvalue weighted by molar-refractivity contribution is 5.95. The number of carbonyl (C=O) groups excluding carboxylic acids is 1. The molecule has 0 saturated carbocycles. The standard InChI is InChI=1S/C19H19N3O/c20-12-15-7-9-16(10-8-15)13-21-14-19(23)22-11-3-5-17-4-1-2-6-18(17)22/h1-2,4,6-10,21H,3,5,11,13-14H2. The van der Waals surface area contributed by atoms with Crippen molar-refractivity contribution >= 4 is 11.6 Å². The van der Waals surface area contributed by atoms with Crippen LogP contribution in [0, 0.1) is 11.3 Å². The number of benzene rings is 2. The Morgan fingerprint density at radius 2 is 1.96 bits per heavy atom. The molecular formula is C19H19N3O. The zero-order valence-corrected chi connectivity index (χ0v) is 13.0. The molecule has 0 aliphatic carbocycles. The summed E-state index contributed by atoms with van der Waals surface area (Å²) >= 11 is 0. The lowest BCUT2D eigenvalue weighted by atomic mass is 10.0. The van der Waals surface area contributed by atoms with Gasteiger partial charge in [0.2, 0.25) is 5.91 Å². The van der Waals surface area contributed by atoms with Gasteiger partial charge >= 0.3 is 0 Å². The fourth-order valence-electron chi connectivity index (χ4n) is 2.90. The summed E-state index contributed by atoms with van der Waals surface area (Å²) in [4.78, 5) is 14.4. The molecule has 116 valence electrons. The van der Waals surface area contributed by atoms with Gasteiger partial charge in [0.05, 0.1) is 18.2 Å². The van der Waals surface area contributed by atoms with Crippen LogP contribution in [0.25, 0.3) is 0 Å². The minimum Gasteiger partial charge on any atom is -0.311 e. The van der Waals surface area contributed by atoms with Crippen molar-refractivity contribution in [2.75, 3.05) is 18.0 Å². The van der Waals surface area contributed by atoms with Crippen molar-refractivity contribution in [1.29, 1.82) is 5.26 Å². The second-order valence-electron chi connectivity index (χ2n) is 5.69. The highest BCUT2D eigenvalue weighted by Crippen LogP contribution is 2.26. The summed E-state index contributed by atoms with van der Waals surface area (Å²) in [6, 6.07) is 17.6. The van der Waals surface area contributed by atoms with Crippen LogP contribution in [0.3, 0.4) is 0 Å². The minimum atomic E-state index is 0.103. The number of hydrogen-bond donors (Lipinski definition) is 1. The normalized spacial score (nSPS) is 13.3. The summed E-state index contributed by atoms with van der Waals surface area (Å²) in [6.07, 6.45) is 2.05. The number of carbonyl (C=O) groups is 1. The molecule has 1 heterocycles. The minimum absolute atomic E-state index is 0.103. The summed E-state index contributed by atoms with van der Waals surface area (Å²) in [5, 5.41) is 12.0. The summed E-state index contributed by atoms with van der Waals surface area (Å²) in [6.45, 7) is 1.72. The van der Waals surface area contributed by atoms with Gasteiger partial charge in [0.15, 0.2) is 0 Å². The van der Waals surface area contributed by atoms with Crippen molar-refractivity contribution in [3.63, 3.8) is 0 Å². The number of nitrogens with one attached hydrogen (secondary N) is 1. The molecule has 0 unspecified atom stereocenters. The van der Waals surface area contributed by atoms with E-state index in [9.17, 15) is 4.79 Å². The number of anilines is 1. The number of aryl methyl sites for hydroxylation is 1. The Morgan fingerprint density at radius 1 is 1.17 bits per heavy atom. The molecule has 2 aromatic rings. The second kappa shape index (κ2) is 7.08. The largest absolute Gasteiger partial charge is 0.311 e. The van der Waals surface area contributed by atoms with Crippen molar-refractivity contribution in [2.24, 2.45) is 0 Å². The van der Waals surface area contributed by atoms with Crippen molar-refractivity contribution in [2.45, 2.75) is 19.4 Å². The molecule has 0 spiro atoms. The van der Waals surface area contributed by atoms with E-state index in [0.717, 1.165) is 30.6 Å². The number of para-hydroxylation sites is 1. The first-order chi connectivity index (χ1) is 11.3. The fraction of sp³-hybridized carbons (Fsp3) is 0.263. The van der Waals surface area contributed by atoms with E-state index in [-0.39, 0.29) is 5.91 Å². The lowest BCUT2D eigenvalue weighted by Gasteiger charge is -2.29. The van der Waals surface area contributed by atoms with E-state index >= 15 is 0 Å². The van der Waals surface area contributed by atoms with Gasteiger partial charge in [0, 0.05) is 18.8 Å². The first kappa shape index (κ1) is 15.3. The van der Waals surface area contributed by atoms with Crippen molar-refractivity contribution in [3.05, 3.63) is 65.2 Å². The summed E-state index contributed by atoms with van der Waals surface area (Å²) in [7, 11) is 0. The highest BCUT2D eigenvalue weighted by Gasteiger charge is 2.21. The first-order valence-electron chi connectivity index (χ1n) is 7.86. The maximum Gasteiger partial charge on any atom is 0.240 e. The van der Waals surface area contributed by atoms with E-state index in [1.807, 2.05) is 35.2 Å². The Bertz CT molecular complexity index is 731. The number of nitrogens with zero attached hydrogens (tertiary/aromatic N) is 2. The van der Waals surface area contributed by atoms with Gasteiger partial charge in [-0.15, -0.1) is 0 Å². The monoisotopic (exact) mass is 305 g/mol. The maximum atomic E-state index is 12.5. The van der Waals surface area contributed by atoms with Crippen LogP contribution in [0.5, 0.6) is 0 Å². The van der Waals surface area contributed by atoms with E-state index in [1.54, 1.807) is 12.1 Å². The molecule has 4 heteroatoms. The molecule has 1 aliphatic heterocycles. The number of amides is 1. The van der Waals surface area contributed by atoms with Gasteiger partial charge in [-0.05, 0) is 42.2 Å². The Hall–Kier alpha value is -2.64. The van der Waals surface area contributed by atoms with Gasteiger partial charge in [-0.25, -0.2) is 0 Å². The summed E-state index contributed by atoms with van der Waals surface area (Å²) < 4.78 is 0. The molecule has 3 rings (SSSR count). The van der Waals surface area contributed by atoms with E-state index in [2.05, 4.69) is 17.5 Å². The van der Waals surface area contributed by atoms with Crippen molar-refractivity contribution in [1.82, 2.24) is 5.32 Å². The van der Waals surface area contributed by atoms with Crippen LogP contribution in [0.1, 0.15) is 23.1 Å². The average Bonchev–Trinajstić information content (AvgIpc) is 2.61. The smallest absolute Gasteiger partial charge is 0.240 e. The van der Waals surface area contributed by atoms with Crippen LogP contribution < -0.4 is 10.2 Å². The topological polar surface area (TPSA) is 56.1 Å².